The lowest BCUT2D eigenvalue weighted by atomic mass is 10.1. The number of aryl methyl sites for hydroxylation is 1. The molecule has 1 aromatic carbocycles. The van der Waals surface area contributed by atoms with Crippen LogP contribution in [0.5, 0.6) is 0 Å². The fourth-order valence-electron chi connectivity index (χ4n) is 1.43. The van der Waals surface area contributed by atoms with Crippen LogP contribution in [0.2, 0.25) is 0 Å². The highest BCUT2D eigenvalue weighted by Gasteiger charge is 2.12. The summed E-state index contributed by atoms with van der Waals surface area (Å²) in [6, 6.07) is 5.67. The molecule has 0 radical (unpaired) electrons. The number of oxazole rings is 1. The first-order valence-corrected chi connectivity index (χ1v) is 5.86. The summed E-state index contributed by atoms with van der Waals surface area (Å²) in [5.41, 5.74) is 2.20. The Morgan fingerprint density at radius 1 is 1.41 bits per heavy atom. The summed E-state index contributed by atoms with van der Waals surface area (Å²) in [5.74, 6) is -0.231. The Morgan fingerprint density at radius 3 is 2.82 bits per heavy atom. The lowest BCUT2D eigenvalue weighted by molar-refractivity contribution is 0.102. The predicted octanol–water partition coefficient (Wildman–Crippen LogP) is 3.31. The van der Waals surface area contributed by atoms with Crippen molar-refractivity contribution in [3.8, 4) is 0 Å². The smallest absolute Gasteiger partial charge is 0.301 e. The number of nitrogens with zero attached hydrogens (tertiary/aromatic N) is 1. The fraction of sp³-hybridized carbons (Fsp3) is 0.167. The van der Waals surface area contributed by atoms with Crippen LogP contribution >= 0.6 is 15.9 Å². The van der Waals surface area contributed by atoms with Gasteiger partial charge in [0.05, 0.1) is 5.69 Å². The van der Waals surface area contributed by atoms with E-state index in [9.17, 15) is 4.79 Å². The van der Waals surface area contributed by atoms with E-state index in [1.807, 2.05) is 19.1 Å². The van der Waals surface area contributed by atoms with Crippen molar-refractivity contribution < 1.29 is 9.21 Å². The van der Waals surface area contributed by atoms with Crippen LogP contribution < -0.4 is 5.32 Å². The summed E-state index contributed by atoms with van der Waals surface area (Å²) < 4.78 is 5.97. The minimum absolute atomic E-state index is 0.215. The van der Waals surface area contributed by atoms with Crippen LogP contribution in [-0.2, 0) is 0 Å². The van der Waals surface area contributed by atoms with Gasteiger partial charge in [0.25, 0.3) is 5.91 Å². The molecule has 5 heteroatoms. The summed E-state index contributed by atoms with van der Waals surface area (Å²) >= 11 is 3.38. The molecule has 0 atom stereocenters. The molecule has 2 rings (SSSR count). The van der Waals surface area contributed by atoms with E-state index in [4.69, 9.17) is 4.42 Å². The Bertz CT molecular complexity index is 563. The average molecular weight is 295 g/mol. The van der Waals surface area contributed by atoms with Crippen molar-refractivity contribution in [2.24, 2.45) is 0 Å². The zero-order valence-electron chi connectivity index (χ0n) is 9.45. The van der Waals surface area contributed by atoms with Crippen molar-refractivity contribution in [1.29, 1.82) is 0 Å². The van der Waals surface area contributed by atoms with Gasteiger partial charge < -0.3 is 4.42 Å². The largest absolute Gasteiger partial charge is 0.432 e. The molecule has 0 fully saturated rings. The number of rotatable bonds is 2. The number of amides is 1. The van der Waals surface area contributed by atoms with E-state index < -0.39 is 0 Å². The fourth-order valence-corrected chi connectivity index (χ4v) is 1.80. The SMILES string of the molecule is Cc1coc(NC(=O)c2cccc(Br)c2C)n1. The van der Waals surface area contributed by atoms with Crippen LogP contribution in [0.1, 0.15) is 21.6 Å². The summed E-state index contributed by atoms with van der Waals surface area (Å²) in [6.07, 6.45) is 1.49. The van der Waals surface area contributed by atoms with E-state index in [2.05, 4.69) is 26.2 Å². The van der Waals surface area contributed by atoms with E-state index in [1.54, 1.807) is 13.0 Å². The van der Waals surface area contributed by atoms with Gasteiger partial charge in [-0.05, 0) is 31.5 Å². The maximum atomic E-state index is 12.0. The first-order chi connectivity index (χ1) is 8.08. The lowest BCUT2D eigenvalue weighted by Gasteiger charge is -2.06. The Labute approximate surface area is 107 Å². The first kappa shape index (κ1) is 11.9. The zero-order chi connectivity index (χ0) is 12.4. The van der Waals surface area contributed by atoms with Crippen molar-refractivity contribution >= 4 is 27.9 Å². The third-order valence-electron chi connectivity index (χ3n) is 2.35. The number of hydrogen-bond donors (Lipinski definition) is 1. The van der Waals surface area contributed by atoms with Gasteiger partial charge in [-0.3, -0.25) is 10.1 Å². The molecule has 1 N–H and O–H groups in total. The van der Waals surface area contributed by atoms with Gasteiger partial charge >= 0.3 is 6.01 Å². The highest BCUT2D eigenvalue weighted by molar-refractivity contribution is 9.10. The van der Waals surface area contributed by atoms with Crippen molar-refractivity contribution in [2.45, 2.75) is 13.8 Å². The van der Waals surface area contributed by atoms with E-state index >= 15 is 0 Å². The number of aromatic nitrogens is 1. The van der Waals surface area contributed by atoms with Gasteiger partial charge in [-0.2, -0.15) is 4.98 Å². The van der Waals surface area contributed by atoms with Crippen molar-refractivity contribution in [1.82, 2.24) is 4.98 Å². The third kappa shape index (κ3) is 2.55. The molecule has 0 saturated heterocycles. The Morgan fingerprint density at radius 2 is 2.18 bits per heavy atom. The van der Waals surface area contributed by atoms with E-state index in [1.165, 1.54) is 6.26 Å². The molecular formula is C12H11BrN2O2. The number of hydrogen-bond acceptors (Lipinski definition) is 3. The van der Waals surface area contributed by atoms with Crippen molar-refractivity contribution in [3.63, 3.8) is 0 Å². The summed E-state index contributed by atoms with van der Waals surface area (Å²) in [5, 5.41) is 2.61. The van der Waals surface area contributed by atoms with Gasteiger partial charge in [-0.25, -0.2) is 0 Å². The van der Waals surface area contributed by atoms with Crippen LogP contribution in [0.25, 0.3) is 0 Å². The number of anilines is 1. The molecule has 1 aromatic heterocycles. The maximum absolute atomic E-state index is 12.0. The highest BCUT2D eigenvalue weighted by atomic mass is 79.9. The number of halogens is 1. The number of nitrogens with one attached hydrogen (secondary N) is 1. The minimum Gasteiger partial charge on any atom is -0.432 e. The van der Waals surface area contributed by atoms with Crippen LogP contribution in [-0.4, -0.2) is 10.9 Å². The van der Waals surface area contributed by atoms with Crippen LogP contribution in [0.4, 0.5) is 6.01 Å². The van der Waals surface area contributed by atoms with Gasteiger partial charge in [0, 0.05) is 10.0 Å². The molecule has 0 aliphatic carbocycles. The molecule has 0 aliphatic rings. The maximum Gasteiger partial charge on any atom is 0.301 e. The summed E-state index contributed by atoms with van der Waals surface area (Å²) in [6.45, 7) is 3.67. The second-order valence-electron chi connectivity index (χ2n) is 3.66. The molecule has 1 amide bonds. The van der Waals surface area contributed by atoms with Crippen molar-refractivity contribution in [3.05, 3.63) is 45.8 Å². The van der Waals surface area contributed by atoms with Crippen LogP contribution in [0.15, 0.2) is 33.4 Å². The van der Waals surface area contributed by atoms with E-state index in [0.717, 1.165) is 15.7 Å². The van der Waals surface area contributed by atoms with E-state index in [-0.39, 0.29) is 11.9 Å². The van der Waals surface area contributed by atoms with Gasteiger partial charge in [0.1, 0.15) is 6.26 Å². The molecule has 0 saturated carbocycles. The third-order valence-corrected chi connectivity index (χ3v) is 3.21. The Kier molecular flexibility index (Phi) is 3.28. The van der Waals surface area contributed by atoms with E-state index in [0.29, 0.717) is 5.56 Å². The lowest BCUT2D eigenvalue weighted by Crippen LogP contribution is -2.13. The Hall–Kier alpha value is -1.62. The molecule has 0 unspecified atom stereocenters. The van der Waals surface area contributed by atoms with Gasteiger partial charge in [0.15, 0.2) is 0 Å². The topological polar surface area (TPSA) is 55.1 Å². The first-order valence-electron chi connectivity index (χ1n) is 5.06. The zero-order valence-corrected chi connectivity index (χ0v) is 11.0. The molecule has 0 aliphatic heterocycles. The average Bonchev–Trinajstić information content (AvgIpc) is 2.68. The second kappa shape index (κ2) is 4.71. The van der Waals surface area contributed by atoms with Crippen molar-refractivity contribution in [2.75, 3.05) is 5.32 Å². The molecule has 1 heterocycles. The molecule has 88 valence electrons. The number of benzene rings is 1. The number of carbonyl (C=O) groups excluding carboxylic acids is 1. The standard InChI is InChI=1S/C12H11BrN2O2/c1-7-6-17-12(14-7)15-11(16)9-4-3-5-10(13)8(9)2/h3-6H,1-2H3,(H,14,15,16). The summed E-state index contributed by atoms with van der Waals surface area (Å²) in [4.78, 5) is 16.0. The second-order valence-corrected chi connectivity index (χ2v) is 4.51. The Balaban J connectivity index is 2.23. The number of carbonyl (C=O) groups is 1. The molecule has 2 aromatic rings. The van der Waals surface area contributed by atoms with Gasteiger partial charge in [-0.15, -0.1) is 0 Å². The highest BCUT2D eigenvalue weighted by Crippen LogP contribution is 2.20. The van der Waals surface area contributed by atoms with Crippen LogP contribution in [0.3, 0.4) is 0 Å². The molecule has 0 bridgehead atoms. The summed E-state index contributed by atoms with van der Waals surface area (Å²) in [7, 11) is 0. The quantitative estimate of drug-likeness (QED) is 0.924. The molecular weight excluding hydrogens is 284 g/mol. The molecule has 17 heavy (non-hydrogen) atoms. The molecule has 0 spiro atoms. The molecule has 4 nitrogen and oxygen atoms in total. The normalized spacial score (nSPS) is 10.3. The monoisotopic (exact) mass is 294 g/mol. The van der Waals surface area contributed by atoms with Gasteiger partial charge in [-0.1, -0.05) is 22.0 Å². The predicted molar refractivity (Wildman–Crippen MR) is 68.1 cm³/mol. The minimum atomic E-state index is -0.231. The van der Waals surface area contributed by atoms with Crippen LogP contribution in [0, 0.1) is 13.8 Å². The van der Waals surface area contributed by atoms with Gasteiger partial charge in [0.2, 0.25) is 0 Å².